The van der Waals surface area contributed by atoms with Crippen LogP contribution in [0, 0.1) is 6.92 Å². The Labute approximate surface area is 181 Å². The molecule has 0 saturated heterocycles. The molecule has 0 aliphatic carbocycles. The largest absolute Gasteiger partial charge is 0.473 e. The summed E-state index contributed by atoms with van der Waals surface area (Å²) in [6.45, 7) is 5.27. The van der Waals surface area contributed by atoms with Crippen molar-refractivity contribution in [3.63, 3.8) is 0 Å². The number of ether oxygens (including phenoxy) is 1. The van der Waals surface area contributed by atoms with Crippen LogP contribution >= 0.6 is 0 Å². The van der Waals surface area contributed by atoms with Gasteiger partial charge in [-0.3, -0.25) is 0 Å². The molecule has 0 spiro atoms. The number of hydrogen-bond acceptors (Lipinski definition) is 4. The molecule has 0 amide bonds. The predicted molar refractivity (Wildman–Crippen MR) is 124 cm³/mol. The van der Waals surface area contributed by atoms with Crippen LogP contribution in [-0.2, 0) is 19.4 Å². The van der Waals surface area contributed by atoms with Gasteiger partial charge < -0.3 is 14.1 Å². The van der Waals surface area contributed by atoms with E-state index in [1.807, 2.05) is 49.4 Å². The molecule has 0 saturated carbocycles. The van der Waals surface area contributed by atoms with Crippen LogP contribution in [0.4, 0.5) is 5.69 Å². The van der Waals surface area contributed by atoms with Gasteiger partial charge in [-0.25, -0.2) is 4.79 Å². The van der Waals surface area contributed by atoms with Gasteiger partial charge in [-0.2, -0.15) is 0 Å². The fraction of sp³-hybridized carbons (Fsp3) is 0.222. The average Bonchev–Trinajstić information content (AvgIpc) is 2.82. The van der Waals surface area contributed by atoms with Gasteiger partial charge >= 0.3 is 5.63 Å². The Morgan fingerprint density at radius 2 is 1.71 bits per heavy atom. The van der Waals surface area contributed by atoms with Gasteiger partial charge in [0.15, 0.2) is 6.73 Å². The summed E-state index contributed by atoms with van der Waals surface area (Å²) in [6, 6.07) is 22.6. The SMILES string of the molecule is CCc1ccc(N2COc3ccc4c(C)c(Cc5ccccc5)c(=O)oc4c3C2)cc1. The number of hydrogen-bond donors (Lipinski definition) is 0. The Morgan fingerprint density at radius 1 is 0.935 bits per heavy atom. The van der Waals surface area contributed by atoms with E-state index >= 15 is 0 Å². The first kappa shape index (κ1) is 19.4. The molecule has 0 N–H and O–H groups in total. The molecule has 156 valence electrons. The monoisotopic (exact) mass is 411 g/mol. The summed E-state index contributed by atoms with van der Waals surface area (Å²) in [5.74, 6) is 0.785. The Kier molecular flexibility index (Phi) is 4.99. The van der Waals surface area contributed by atoms with E-state index in [2.05, 4.69) is 36.1 Å². The fourth-order valence-electron chi connectivity index (χ4n) is 4.27. The van der Waals surface area contributed by atoms with Crippen LogP contribution in [0.2, 0.25) is 0 Å². The van der Waals surface area contributed by atoms with Gasteiger partial charge in [0, 0.05) is 23.1 Å². The minimum atomic E-state index is -0.272. The van der Waals surface area contributed by atoms with Gasteiger partial charge in [-0.1, -0.05) is 49.4 Å². The molecule has 31 heavy (non-hydrogen) atoms. The van der Waals surface area contributed by atoms with Crippen molar-refractivity contribution in [3.8, 4) is 5.75 Å². The lowest BCUT2D eigenvalue weighted by atomic mass is 9.97. The van der Waals surface area contributed by atoms with E-state index in [0.717, 1.165) is 39.9 Å². The van der Waals surface area contributed by atoms with Crippen molar-refractivity contribution in [2.24, 2.45) is 0 Å². The molecular formula is C27H25NO3. The van der Waals surface area contributed by atoms with E-state index in [0.29, 0.717) is 30.8 Å². The van der Waals surface area contributed by atoms with Gasteiger partial charge in [-0.15, -0.1) is 0 Å². The van der Waals surface area contributed by atoms with Crippen LogP contribution in [-0.4, -0.2) is 6.73 Å². The Morgan fingerprint density at radius 3 is 2.45 bits per heavy atom. The third-order valence-corrected chi connectivity index (χ3v) is 6.17. The topological polar surface area (TPSA) is 42.7 Å². The van der Waals surface area contributed by atoms with E-state index in [4.69, 9.17) is 9.15 Å². The van der Waals surface area contributed by atoms with Crippen molar-refractivity contribution in [1.29, 1.82) is 0 Å². The van der Waals surface area contributed by atoms with E-state index in [1.165, 1.54) is 5.56 Å². The highest BCUT2D eigenvalue weighted by molar-refractivity contribution is 5.86. The van der Waals surface area contributed by atoms with Crippen LogP contribution in [0.3, 0.4) is 0 Å². The maximum Gasteiger partial charge on any atom is 0.340 e. The predicted octanol–water partition coefficient (Wildman–Crippen LogP) is 5.61. The van der Waals surface area contributed by atoms with E-state index in [-0.39, 0.29) is 5.63 Å². The molecule has 2 heterocycles. The maximum atomic E-state index is 12.9. The molecule has 1 aliphatic rings. The quantitative estimate of drug-likeness (QED) is 0.409. The minimum Gasteiger partial charge on any atom is -0.473 e. The molecule has 1 aliphatic heterocycles. The van der Waals surface area contributed by atoms with Crippen molar-refractivity contribution < 1.29 is 9.15 Å². The molecule has 0 atom stereocenters. The summed E-state index contributed by atoms with van der Waals surface area (Å²) in [5, 5.41) is 0.969. The molecule has 4 nitrogen and oxygen atoms in total. The number of aryl methyl sites for hydroxylation is 2. The summed E-state index contributed by atoms with van der Waals surface area (Å²) in [6.07, 6.45) is 1.58. The highest BCUT2D eigenvalue weighted by atomic mass is 16.5. The summed E-state index contributed by atoms with van der Waals surface area (Å²) in [7, 11) is 0. The maximum absolute atomic E-state index is 12.9. The Balaban J connectivity index is 1.55. The summed E-state index contributed by atoms with van der Waals surface area (Å²) in [4.78, 5) is 15.1. The van der Waals surface area contributed by atoms with Gasteiger partial charge in [0.2, 0.25) is 0 Å². The van der Waals surface area contributed by atoms with Crippen molar-refractivity contribution >= 4 is 16.7 Å². The summed E-state index contributed by atoms with van der Waals surface area (Å²) < 4.78 is 11.9. The third-order valence-electron chi connectivity index (χ3n) is 6.17. The van der Waals surface area contributed by atoms with Crippen molar-refractivity contribution in [3.05, 3.63) is 105 Å². The summed E-state index contributed by atoms with van der Waals surface area (Å²) in [5.41, 5.74) is 6.47. The van der Waals surface area contributed by atoms with Crippen molar-refractivity contribution in [2.45, 2.75) is 33.2 Å². The molecule has 1 aromatic heterocycles. The molecule has 0 unspecified atom stereocenters. The fourth-order valence-corrected chi connectivity index (χ4v) is 4.27. The first-order chi connectivity index (χ1) is 15.1. The lowest BCUT2D eigenvalue weighted by Crippen LogP contribution is -2.32. The van der Waals surface area contributed by atoms with Crippen molar-refractivity contribution in [1.82, 2.24) is 0 Å². The van der Waals surface area contributed by atoms with Crippen LogP contribution in [0.1, 0.15) is 34.7 Å². The number of rotatable bonds is 4. The summed E-state index contributed by atoms with van der Waals surface area (Å²) >= 11 is 0. The van der Waals surface area contributed by atoms with E-state index in [9.17, 15) is 4.79 Å². The second-order valence-electron chi connectivity index (χ2n) is 8.07. The first-order valence-corrected chi connectivity index (χ1v) is 10.7. The minimum absolute atomic E-state index is 0.272. The Bertz CT molecular complexity index is 1290. The Hall–Kier alpha value is -3.53. The first-order valence-electron chi connectivity index (χ1n) is 10.7. The molecule has 0 fully saturated rings. The molecular weight excluding hydrogens is 386 g/mol. The van der Waals surface area contributed by atoms with Gasteiger partial charge in [0.25, 0.3) is 0 Å². The standard InChI is InChI=1S/C27H25NO3/c1-3-19-9-11-21(12-10-19)28-16-24-25(30-17-28)14-13-22-18(2)23(27(29)31-26(22)24)15-20-7-5-4-6-8-20/h4-14H,3,15-17H2,1-2H3. The molecule has 3 aromatic carbocycles. The average molecular weight is 412 g/mol. The van der Waals surface area contributed by atoms with Gasteiger partial charge in [-0.05, 0) is 54.3 Å². The van der Waals surface area contributed by atoms with E-state index in [1.54, 1.807) is 0 Å². The normalized spacial score (nSPS) is 13.2. The van der Waals surface area contributed by atoms with Crippen LogP contribution in [0.25, 0.3) is 11.0 Å². The third kappa shape index (κ3) is 3.59. The number of anilines is 1. The van der Waals surface area contributed by atoms with Gasteiger partial charge in [0.1, 0.15) is 11.3 Å². The zero-order valence-electron chi connectivity index (χ0n) is 17.9. The molecule has 4 aromatic rings. The lowest BCUT2D eigenvalue weighted by Gasteiger charge is -2.31. The zero-order valence-corrected chi connectivity index (χ0v) is 17.9. The highest BCUT2D eigenvalue weighted by Crippen LogP contribution is 2.35. The van der Waals surface area contributed by atoms with Crippen LogP contribution in [0.15, 0.2) is 75.9 Å². The lowest BCUT2D eigenvalue weighted by molar-refractivity contribution is 0.289. The molecule has 0 bridgehead atoms. The van der Waals surface area contributed by atoms with E-state index < -0.39 is 0 Å². The van der Waals surface area contributed by atoms with Crippen LogP contribution < -0.4 is 15.3 Å². The number of nitrogens with zero attached hydrogens (tertiary/aromatic N) is 1. The second-order valence-corrected chi connectivity index (χ2v) is 8.07. The van der Waals surface area contributed by atoms with Crippen LogP contribution in [0.5, 0.6) is 5.75 Å². The van der Waals surface area contributed by atoms with Crippen molar-refractivity contribution in [2.75, 3.05) is 11.6 Å². The molecule has 0 radical (unpaired) electrons. The molecule has 5 rings (SSSR count). The number of fused-ring (bicyclic) bond motifs is 3. The smallest absolute Gasteiger partial charge is 0.340 e. The molecule has 4 heteroatoms. The highest BCUT2D eigenvalue weighted by Gasteiger charge is 2.23. The zero-order chi connectivity index (χ0) is 21.4. The second kappa shape index (κ2) is 7.95. The van der Waals surface area contributed by atoms with Gasteiger partial charge in [0.05, 0.1) is 12.1 Å². The number of benzene rings is 3.